The number of nitrogens with zero attached hydrogens (tertiary/aromatic N) is 4. The number of hydrogen-bond donors (Lipinski definition) is 0. The molecule has 1 unspecified atom stereocenters. The lowest BCUT2D eigenvalue weighted by molar-refractivity contribution is 0.0635. The van der Waals surface area contributed by atoms with Crippen LogP contribution in [0.15, 0.2) is 58.8 Å². The van der Waals surface area contributed by atoms with Gasteiger partial charge in [-0.15, -0.1) is 0 Å². The van der Waals surface area contributed by atoms with E-state index in [9.17, 15) is 14.0 Å². The van der Waals surface area contributed by atoms with Gasteiger partial charge in [0.1, 0.15) is 5.82 Å². The minimum Gasteiger partial charge on any atom is -0.336 e. The monoisotopic (exact) mass is 367 g/mol. The number of carbonyl (C=O) groups is 2. The molecule has 1 atom stereocenters. The van der Waals surface area contributed by atoms with E-state index in [1.165, 1.54) is 24.3 Å². The number of piperidine rings is 1. The number of likely N-dealkylation sites (tertiary alicyclic amines) is 1. The molecule has 7 heteroatoms. The van der Waals surface area contributed by atoms with Gasteiger partial charge in [0.25, 0.3) is 5.91 Å². The van der Waals surface area contributed by atoms with Crippen LogP contribution >= 0.6 is 0 Å². The van der Waals surface area contributed by atoms with Gasteiger partial charge in [0.2, 0.25) is 10.0 Å². The van der Waals surface area contributed by atoms with Crippen molar-refractivity contribution in [1.82, 2.24) is 9.81 Å². The number of rotatable bonds is 3. The average Bonchev–Trinajstić information content (AvgIpc) is 2.69. The third-order valence-corrected chi connectivity index (χ3v) is 4.57. The van der Waals surface area contributed by atoms with Gasteiger partial charge in [-0.25, -0.2) is 4.39 Å². The normalized spacial score (nSPS) is 16.4. The summed E-state index contributed by atoms with van der Waals surface area (Å²) < 4.78 is 12.8. The molecule has 2 amide bonds. The second kappa shape index (κ2) is 8.47. The van der Waals surface area contributed by atoms with E-state index in [1.807, 2.05) is 4.90 Å². The third-order valence-electron chi connectivity index (χ3n) is 4.57. The Hall–Kier alpha value is -3.18. The summed E-state index contributed by atoms with van der Waals surface area (Å²) in [7, 11) is 0. The zero-order valence-corrected chi connectivity index (χ0v) is 15.0. The van der Waals surface area contributed by atoms with E-state index >= 15 is 0 Å². The van der Waals surface area contributed by atoms with Crippen LogP contribution in [-0.2, 0) is 0 Å². The van der Waals surface area contributed by atoms with Gasteiger partial charge < -0.3 is 4.90 Å². The Balaban J connectivity index is 1.67. The van der Waals surface area contributed by atoms with Gasteiger partial charge in [-0.2, -0.15) is 0 Å². The van der Waals surface area contributed by atoms with Crippen molar-refractivity contribution in [3.63, 3.8) is 0 Å². The minimum atomic E-state index is -0.564. The first-order valence-corrected chi connectivity index (χ1v) is 8.87. The SMILES string of the molecule is CC1CCCCN1C(=O)c1ccc(C(=O)N=[N+]=Nc2ccc(F)cc2)cc1. The highest BCUT2D eigenvalue weighted by Crippen LogP contribution is 2.19. The van der Waals surface area contributed by atoms with Crippen LogP contribution in [0, 0.1) is 5.82 Å². The van der Waals surface area contributed by atoms with E-state index in [4.69, 9.17) is 0 Å². The first-order valence-electron chi connectivity index (χ1n) is 8.87. The quantitative estimate of drug-likeness (QED) is 0.599. The van der Waals surface area contributed by atoms with Crippen molar-refractivity contribution in [1.29, 1.82) is 0 Å². The summed E-state index contributed by atoms with van der Waals surface area (Å²) in [6.45, 7) is 2.82. The highest BCUT2D eigenvalue weighted by atomic mass is 19.1. The van der Waals surface area contributed by atoms with Crippen LogP contribution in [0.1, 0.15) is 46.9 Å². The summed E-state index contributed by atoms with van der Waals surface area (Å²) in [5.41, 5.74) is 1.26. The maximum atomic E-state index is 12.8. The summed E-state index contributed by atoms with van der Waals surface area (Å²) in [5.74, 6) is -0.962. The Labute approximate surface area is 156 Å². The molecule has 1 heterocycles. The van der Waals surface area contributed by atoms with Crippen molar-refractivity contribution in [2.45, 2.75) is 32.2 Å². The summed E-state index contributed by atoms with van der Waals surface area (Å²) in [4.78, 5) is 30.0. The molecule has 0 aromatic heterocycles. The molecule has 138 valence electrons. The lowest BCUT2D eigenvalue weighted by Crippen LogP contribution is -2.42. The van der Waals surface area contributed by atoms with Crippen molar-refractivity contribution in [3.05, 3.63) is 65.5 Å². The molecule has 0 aliphatic carbocycles. The number of carbonyl (C=O) groups excluding carboxylic acids is 2. The fraction of sp³-hybridized carbons (Fsp3) is 0.300. The van der Waals surface area contributed by atoms with Crippen LogP contribution < -0.4 is 4.91 Å². The summed E-state index contributed by atoms with van der Waals surface area (Å²) in [5, 5.41) is 7.26. The molecule has 2 aromatic carbocycles. The molecule has 0 N–H and O–H groups in total. The number of amides is 2. The fourth-order valence-electron chi connectivity index (χ4n) is 3.00. The van der Waals surface area contributed by atoms with Gasteiger partial charge in [0.15, 0.2) is 10.8 Å². The Morgan fingerprint density at radius 1 is 1.04 bits per heavy atom. The van der Waals surface area contributed by atoms with Gasteiger partial charge in [0.05, 0.1) is 0 Å². The van der Waals surface area contributed by atoms with Crippen LogP contribution in [-0.4, -0.2) is 29.3 Å². The molecule has 1 saturated heterocycles. The predicted molar refractivity (Wildman–Crippen MR) is 98.2 cm³/mol. The van der Waals surface area contributed by atoms with E-state index in [0.29, 0.717) is 16.8 Å². The fourth-order valence-corrected chi connectivity index (χ4v) is 3.00. The number of halogens is 1. The van der Waals surface area contributed by atoms with Crippen molar-refractivity contribution in [3.8, 4) is 0 Å². The van der Waals surface area contributed by atoms with Crippen LogP contribution in [0.5, 0.6) is 0 Å². The van der Waals surface area contributed by atoms with Crippen LogP contribution in [0.3, 0.4) is 0 Å². The van der Waals surface area contributed by atoms with Gasteiger partial charge in [-0.1, -0.05) is 0 Å². The minimum absolute atomic E-state index is 0.0193. The van der Waals surface area contributed by atoms with E-state index in [2.05, 4.69) is 22.1 Å². The summed E-state index contributed by atoms with van der Waals surface area (Å²) in [6.07, 6.45) is 3.18. The lowest BCUT2D eigenvalue weighted by atomic mass is 10.0. The Morgan fingerprint density at radius 2 is 1.70 bits per heavy atom. The van der Waals surface area contributed by atoms with E-state index in [0.717, 1.165) is 25.8 Å². The summed E-state index contributed by atoms with van der Waals surface area (Å²) >= 11 is 0. The predicted octanol–water partition coefficient (Wildman–Crippen LogP) is 4.28. The van der Waals surface area contributed by atoms with Gasteiger partial charge in [-0.05, 0) is 74.7 Å². The molecule has 6 nitrogen and oxygen atoms in total. The highest BCUT2D eigenvalue weighted by Gasteiger charge is 2.24. The number of hydrogen-bond acceptors (Lipinski definition) is 3. The first kappa shape index (κ1) is 18.6. The molecule has 2 aromatic rings. The average molecular weight is 367 g/mol. The molecule has 1 aliphatic rings. The maximum absolute atomic E-state index is 12.8. The highest BCUT2D eigenvalue weighted by molar-refractivity contribution is 5.98. The van der Waals surface area contributed by atoms with Crippen LogP contribution in [0.25, 0.3) is 0 Å². The van der Waals surface area contributed by atoms with Crippen LogP contribution in [0.2, 0.25) is 0 Å². The smallest absolute Gasteiger partial charge is 0.336 e. The molecule has 0 bridgehead atoms. The van der Waals surface area contributed by atoms with Gasteiger partial charge in [0, 0.05) is 23.7 Å². The second-order valence-corrected chi connectivity index (χ2v) is 6.49. The molecule has 3 rings (SSSR count). The number of benzene rings is 2. The molecule has 1 aliphatic heterocycles. The molecular formula is C20H20FN4O2+. The zero-order chi connectivity index (χ0) is 19.2. The Kier molecular flexibility index (Phi) is 5.84. The van der Waals surface area contributed by atoms with Crippen molar-refractivity contribution >= 4 is 17.5 Å². The zero-order valence-electron chi connectivity index (χ0n) is 15.0. The molecule has 0 spiro atoms. The van der Waals surface area contributed by atoms with Crippen molar-refractivity contribution in [2.75, 3.05) is 6.54 Å². The van der Waals surface area contributed by atoms with E-state index < -0.39 is 5.91 Å². The summed E-state index contributed by atoms with van der Waals surface area (Å²) in [6, 6.07) is 12.0. The topological polar surface area (TPSA) is 76.2 Å². The largest absolute Gasteiger partial charge is 0.360 e. The van der Waals surface area contributed by atoms with Crippen LogP contribution in [0.4, 0.5) is 10.1 Å². The lowest BCUT2D eigenvalue weighted by Gasteiger charge is -2.33. The second-order valence-electron chi connectivity index (χ2n) is 6.49. The van der Waals surface area contributed by atoms with E-state index in [1.54, 1.807) is 24.3 Å². The Bertz CT molecular complexity index is 887. The van der Waals surface area contributed by atoms with Gasteiger partial charge in [-0.3, -0.25) is 9.59 Å². The molecule has 27 heavy (non-hydrogen) atoms. The molecule has 0 radical (unpaired) electrons. The molecular weight excluding hydrogens is 347 g/mol. The van der Waals surface area contributed by atoms with Crippen molar-refractivity contribution < 1.29 is 14.0 Å². The molecule has 1 fully saturated rings. The van der Waals surface area contributed by atoms with E-state index in [-0.39, 0.29) is 17.8 Å². The molecule has 0 saturated carbocycles. The van der Waals surface area contributed by atoms with Gasteiger partial charge >= 0.3 is 5.91 Å². The van der Waals surface area contributed by atoms with Crippen molar-refractivity contribution in [2.24, 2.45) is 10.2 Å². The third kappa shape index (κ3) is 4.71. The maximum Gasteiger partial charge on any atom is 0.360 e. The first-order chi connectivity index (χ1) is 13.0. The standard InChI is InChI=1S/C20H20FN4O2/c1-14-4-2-3-13-25(14)20(27)16-7-5-15(6-8-16)19(26)23-24-22-18-11-9-17(21)10-12-18/h5-12,14H,2-4,13H2,1H3/q+1. The Morgan fingerprint density at radius 3 is 2.37 bits per heavy atom.